The summed E-state index contributed by atoms with van der Waals surface area (Å²) < 4.78 is 0. The molecule has 328 valence electrons. The Morgan fingerprint density at radius 2 is 0.673 bits per heavy atom. The normalized spacial score (nSPS) is 12.9. The summed E-state index contributed by atoms with van der Waals surface area (Å²) in [5.74, 6) is -0.0570. The average molecular weight is 776 g/mol. The van der Waals surface area contributed by atoms with Crippen LogP contribution in [0.4, 0.5) is 0 Å². The van der Waals surface area contributed by atoms with E-state index in [-0.39, 0.29) is 12.5 Å². The monoisotopic (exact) mass is 776 g/mol. The Labute approximate surface area is 346 Å². The minimum Gasteiger partial charge on any atom is -0.394 e. The van der Waals surface area contributed by atoms with Gasteiger partial charge in [-0.2, -0.15) is 0 Å². The van der Waals surface area contributed by atoms with Crippen LogP contribution in [-0.4, -0.2) is 34.9 Å². The van der Waals surface area contributed by atoms with Crippen LogP contribution in [0.1, 0.15) is 290 Å². The molecule has 0 rings (SSSR count). The molecule has 0 heterocycles. The molecule has 0 fully saturated rings. The van der Waals surface area contributed by atoms with Gasteiger partial charge in [0.1, 0.15) is 0 Å². The van der Waals surface area contributed by atoms with Crippen LogP contribution in [0.3, 0.4) is 0 Å². The van der Waals surface area contributed by atoms with E-state index in [0.717, 1.165) is 25.7 Å². The zero-order chi connectivity index (χ0) is 40.0. The minimum atomic E-state index is -0.834. The topological polar surface area (TPSA) is 69.6 Å². The summed E-state index contributed by atoms with van der Waals surface area (Å²) in [4.78, 5) is 12.4. The first-order valence-corrected chi connectivity index (χ1v) is 25.4. The fourth-order valence-corrected chi connectivity index (χ4v) is 8.12. The van der Waals surface area contributed by atoms with Crippen LogP contribution in [0.5, 0.6) is 0 Å². The SMILES string of the molecule is CCCCCCCCCCCCCCCCCCCCC/C=C/C(O)C(CO)NC(=O)CCCCCCCCCCCCCCCCCCCCCCCC. The van der Waals surface area contributed by atoms with Crippen molar-refractivity contribution in [3.05, 3.63) is 12.2 Å². The lowest BCUT2D eigenvalue weighted by atomic mass is 10.0. The van der Waals surface area contributed by atoms with Crippen molar-refractivity contribution in [3.8, 4) is 0 Å². The molecule has 0 aliphatic rings. The summed E-state index contributed by atoms with van der Waals surface area (Å²) in [6, 6.07) is -0.617. The molecule has 3 N–H and O–H groups in total. The number of aliphatic hydroxyl groups excluding tert-OH is 2. The fraction of sp³-hybridized carbons (Fsp3) is 0.941. The molecule has 0 saturated carbocycles. The molecule has 4 nitrogen and oxygen atoms in total. The van der Waals surface area contributed by atoms with Crippen LogP contribution in [0, 0.1) is 0 Å². The summed E-state index contributed by atoms with van der Waals surface area (Å²) in [6.45, 7) is 4.35. The van der Waals surface area contributed by atoms with Crippen molar-refractivity contribution < 1.29 is 15.0 Å². The van der Waals surface area contributed by atoms with Gasteiger partial charge in [0, 0.05) is 6.42 Å². The molecular weight excluding hydrogens is 675 g/mol. The first-order valence-electron chi connectivity index (χ1n) is 25.4. The quantitative estimate of drug-likeness (QED) is 0.0426. The maximum Gasteiger partial charge on any atom is 0.220 e. The summed E-state index contributed by atoms with van der Waals surface area (Å²) in [5.41, 5.74) is 0. The van der Waals surface area contributed by atoms with E-state index in [2.05, 4.69) is 19.2 Å². The number of hydrogen-bond acceptors (Lipinski definition) is 3. The van der Waals surface area contributed by atoms with Gasteiger partial charge in [0.05, 0.1) is 18.8 Å². The third-order valence-corrected chi connectivity index (χ3v) is 12.0. The molecule has 1 amide bonds. The van der Waals surface area contributed by atoms with Gasteiger partial charge < -0.3 is 15.5 Å². The number of carbonyl (C=O) groups excluding carboxylic acids is 1. The van der Waals surface area contributed by atoms with Crippen molar-refractivity contribution in [2.75, 3.05) is 6.61 Å². The van der Waals surface area contributed by atoms with Gasteiger partial charge in [-0.25, -0.2) is 0 Å². The van der Waals surface area contributed by atoms with Crippen molar-refractivity contribution in [2.45, 2.75) is 302 Å². The largest absolute Gasteiger partial charge is 0.394 e. The predicted octanol–water partition coefficient (Wildman–Crippen LogP) is 16.2. The molecule has 0 aromatic carbocycles. The van der Waals surface area contributed by atoms with Crippen molar-refractivity contribution in [1.29, 1.82) is 0 Å². The van der Waals surface area contributed by atoms with Crippen LogP contribution >= 0.6 is 0 Å². The van der Waals surface area contributed by atoms with Gasteiger partial charge in [0.15, 0.2) is 0 Å². The lowest BCUT2D eigenvalue weighted by molar-refractivity contribution is -0.123. The Morgan fingerprint density at radius 3 is 0.945 bits per heavy atom. The summed E-state index contributed by atoms with van der Waals surface area (Å²) >= 11 is 0. The van der Waals surface area contributed by atoms with E-state index in [1.54, 1.807) is 6.08 Å². The fourth-order valence-electron chi connectivity index (χ4n) is 8.12. The summed E-state index contributed by atoms with van der Waals surface area (Å²) in [6.07, 6.45) is 60.6. The van der Waals surface area contributed by atoms with Crippen molar-refractivity contribution in [3.63, 3.8) is 0 Å². The van der Waals surface area contributed by atoms with Crippen molar-refractivity contribution in [2.24, 2.45) is 0 Å². The minimum absolute atomic E-state index is 0.0570. The van der Waals surface area contributed by atoms with Crippen molar-refractivity contribution >= 4 is 5.91 Å². The Hall–Kier alpha value is -0.870. The first-order chi connectivity index (χ1) is 27.2. The Bertz CT molecular complexity index is 754. The third kappa shape index (κ3) is 44.1. The van der Waals surface area contributed by atoms with Gasteiger partial charge >= 0.3 is 0 Å². The van der Waals surface area contributed by atoms with Gasteiger partial charge in [-0.15, -0.1) is 0 Å². The lowest BCUT2D eigenvalue weighted by Gasteiger charge is -2.20. The third-order valence-electron chi connectivity index (χ3n) is 12.0. The maximum atomic E-state index is 12.4. The molecule has 2 atom stereocenters. The molecule has 0 aromatic rings. The predicted molar refractivity (Wildman–Crippen MR) is 244 cm³/mol. The van der Waals surface area contributed by atoms with Gasteiger partial charge in [-0.3, -0.25) is 4.79 Å². The second-order valence-electron chi connectivity index (χ2n) is 17.6. The average Bonchev–Trinajstić information content (AvgIpc) is 3.19. The van der Waals surface area contributed by atoms with Gasteiger partial charge in [-0.1, -0.05) is 276 Å². The Morgan fingerprint density at radius 1 is 0.418 bits per heavy atom. The number of amides is 1. The number of hydrogen-bond donors (Lipinski definition) is 3. The molecule has 0 saturated heterocycles. The van der Waals surface area contributed by atoms with Crippen molar-refractivity contribution in [1.82, 2.24) is 5.32 Å². The van der Waals surface area contributed by atoms with Gasteiger partial charge in [0.25, 0.3) is 0 Å². The number of nitrogens with one attached hydrogen (secondary N) is 1. The van der Waals surface area contributed by atoms with E-state index in [1.165, 1.54) is 244 Å². The van der Waals surface area contributed by atoms with E-state index < -0.39 is 12.1 Å². The molecule has 2 unspecified atom stereocenters. The smallest absolute Gasteiger partial charge is 0.220 e. The zero-order valence-corrected chi connectivity index (χ0v) is 37.7. The molecule has 0 radical (unpaired) electrons. The van der Waals surface area contributed by atoms with Crippen LogP contribution < -0.4 is 5.32 Å². The molecule has 0 bridgehead atoms. The first kappa shape index (κ1) is 54.1. The van der Waals surface area contributed by atoms with E-state index in [0.29, 0.717) is 6.42 Å². The number of allylic oxidation sites excluding steroid dienone is 1. The second kappa shape index (κ2) is 47.5. The Balaban J connectivity index is 3.48. The molecule has 0 aliphatic carbocycles. The highest BCUT2D eigenvalue weighted by Gasteiger charge is 2.18. The van der Waals surface area contributed by atoms with Crippen LogP contribution in [0.15, 0.2) is 12.2 Å². The summed E-state index contributed by atoms with van der Waals surface area (Å²) in [7, 11) is 0. The summed E-state index contributed by atoms with van der Waals surface area (Å²) in [5, 5.41) is 23.1. The number of unbranched alkanes of at least 4 members (excludes halogenated alkanes) is 40. The molecule has 55 heavy (non-hydrogen) atoms. The van der Waals surface area contributed by atoms with Crippen LogP contribution in [-0.2, 0) is 4.79 Å². The number of carbonyl (C=O) groups is 1. The maximum absolute atomic E-state index is 12.4. The van der Waals surface area contributed by atoms with Crippen LogP contribution in [0.25, 0.3) is 0 Å². The number of aliphatic hydroxyl groups is 2. The molecule has 4 heteroatoms. The van der Waals surface area contributed by atoms with E-state index in [4.69, 9.17) is 0 Å². The highest BCUT2D eigenvalue weighted by molar-refractivity contribution is 5.76. The number of rotatable bonds is 47. The van der Waals surface area contributed by atoms with Gasteiger partial charge in [0.2, 0.25) is 5.91 Å². The zero-order valence-electron chi connectivity index (χ0n) is 37.7. The molecule has 0 aliphatic heterocycles. The van der Waals surface area contributed by atoms with Gasteiger partial charge in [-0.05, 0) is 19.3 Å². The molecule has 0 aromatic heterocycles. The van der Waals surface area contributed by atoms with E-state index in [9.17, 15) is 15.0 Å². The lowest BCUT2D eigenvalue weighted by Crippen LogP contribution is -2.45. The highest BCUT2D eigenvalue weighted by atomic mass is 16.3. The Kier molecular flexibility index (Phi) is 46.8. The van der Waals surface area contributed by atoms with E-state index in [1.807, 2.05) is 6.08 Å². The second-order valence-corrected chi connectivity index (χ2v) is 17.6. The molecule has 0 spiro atoms. The molecular formula is C51H101NO3. The highest BCUT2D eigenvalue weighted by Crippen LogP contribution is 2.17. The van der Waals surface area contributed by atoms with Crippen LogP contribution in [0.2, 0.25) is 0 Å². The van der Waals surface area contributed by atoms with E-state index >= 15 is 0 Å². The standard InChI is InChI=1S/C51H101NO3/c1-3-5-7-9-11-13-15-17-19-21-23-25-27-29-31-33-35-37-39-41-43-45-47-51(55)52-49(48-53)50(54)46-44-42-40-38-36-34-32-30-28-26-24-22-20-18-16-14-12-10-8-6-4-2/h44,46,49-50,53-54H,3-43,45,47-48H2,1-2H3,(H,52,55)/b46-44+.